The van der Waals surface area contributed by atoms with Crippen LogP contribution in [-0.4, -0.2) is 43.1 Å². The molecule has 0 spiro atoms. The molecule has 0 aliphatic carbocycles. The largest absolute Gasteiger partial charge is 0.339 e. The highest BCUT2D eigenvalue weighted by Crippen LogP contribution is 2.29. The van der Waals surface area contributed by atoms with E-state index >= 15 is 0 Å². The van der Waals surface area contributed by atoms with Crippen LogP contribution in [0.5, 0.6) is 0 Å². The van der Waals surface area contributed by atoms with E-state index in [1.165, 1.54) is 11.1 Å². The normalized spacial score (nSPS) is 15.8. The van der Waals surface area contributed by atoms with Crippen molar-refractivity contribution in [1.82, 2.24) is 30.0 Å². The summed E-state index contributed by atoms with van der Waals surface area (Å²) in [6.07, 6.45) is 6.28. The standard InChI is InChI=1S/C17H21N7/c1-13-3-5-16(6-4-13)24-17(19-20-21-24)23-9-7-14(8-10-23)15-11-18-22(2)12-15/h3-6,11-12,14H,7-10H2,1-2H3. The van der Waals surface area contributed by atoms with E-state index in [0.717, 1.165) is 37.6 Å². The fourth-order valence-electron chi connectivity index (χ4n) is 3.30. The first-order valence-electron chi connectivity index (χ1n) is 8.29. The van der Waals surface area contributed by atoms with Crippen LogP contribution in [0.1, 0.15) is 29.9 Å². The summed E-state index contributed by atoms with van der Waals surface area (Å²) in [5.74, 6) is 1.39. The molecule has 0 saturated carbocycles. The second-order valence-electron chi connectivity index (χ2n) is 6.43. The molecule has 1 aliphatic rings. The maximum absolute atomic E-state index is 4.29. The van der Waals surface area contributed by atoms with Gasteiger partial charge in [-0.2, -0.15) is 9.78 Å². The molecule has 24 heavy (non-hydrogen) atoms. The smallest absolute Gasteiger partial charge is 0.250 e. The number of tetrazole rings is 1. The van der Waals surface area contributed by atoms with Crippen molar-refractivity contribution in [1.29, 1.82) is 0 Å². The number of anilines is 1. The van der Waals surface area contributed by atoms with E-state index in [2.05, 4.69) is 62.9 Å². The summed E-state index contributed by atoms with van der Waals surface area (Å²) in [5, 5.41) is 16.6. The van der Waals surface area contributed by atoms with Crippen LogP contribution in [0.2, 0.25) is 0 Å². The molecule has 124 valence electrons. The van der Waals surface area contributed by atoms with Gasteiger partial charge in [-0.1, -0.05) is 22.8 Å². The van der Waals surface area contributed by atoms with Gasteiger partial charge in [-0.15, -0.1) is 0 Å². The average Bonchev–Trinajstić information content (AvgIpc) is 3.25. The number of hydrogen-bond acceptors (Lipinski definition) is 5. The van der Waals surface area contributed by atoms with Gasteiger partial charge in [0.15, 0.2) is 0 Å². The van der Waals surface area contributed by atoms with E-state index in [9.17, 15) is 0 Å². The van der Waals surface area contributed by atoms with Crippen molar-refractivity contribution in [3.8, 4) is 5.69 Å². The van der Waals surface area contributed by atoms with Gasteiger partial charge >= 0.3 is 0 Å². The van der Waals surface area contributed by atoms with Crippen molar-refractivity contribution in [3.63, 3.8) is 0 Å². The maximum atomic E-state index is 4.29. The Labute approximate surface area is 140 Å². The Morgan fingerprint density at radius 1 is 1.08 bits per heavy atom. The minimum atomic E-state index is 0.568. The van der Waals surface area contributed by atoms with E-state index in [1.807, 2.05) is 22.6 Å². The van der Waals surface area contributed by atoms with Crippen molar-refractivity contribution >= 4 is 5.95 Å². The number of rotatable bonds is 3. The molecule has 3 aromatic rings. The van der Waals surface area contributed by atoms with Gasteiger partial charge < -0.3 is 4.90 Å². The summed E-state index contributed by atoms with van der Waals surface area (Å²) in [7, 11) is 1.97. The molecule has 3 heterocycles. The molecule has 4 rings (SSSR count). The molecule has 0 N–H and O–H groups in total. The van der Waals surface area contributed by atoms with E-state index in [4.69, 9.17) is 0 Å². The van der Waals surface area contributed by atoms with Gasteiger partial charge in [0.2, 0.25) is 5.95 Å². The van der Waals surface area contributed by atoms with E-state index in [0.29, 0.717) is 5.92 Å². The van der Waals surface area contributed by atoms with E-state index in [1.54, 1.807) is 0 Å². The highest BCUT2D eigenvalue weighted by Gasteiger charge is 2.25. The third-order valence-electron chi connectivity index (χ3n) is 4.71. The monoisotopic (exact) mass is 323 g/mol. The highest BCUT2D eigenvalue weighted by molar-refractivity contribution is 5.42. The molecule has 0 atom stereocenters. The molecule has 1 aromatic carbocycles. The number of aryl methyl sites for hydroxylation is 2. The van der Waals surface area contributed by atoms with Crippen LogP contribution in [0.4, 0.5) is 5.95 Å². The predicted molar refractivity (Wildman–Crippen MR) is 91.3 cm³/mol. The third kappa shape index (κ3) is 2.77. The summed E-state index contributed by atoms with van der Waals surface area (Å²) >= 11 is 0. The number of nitrogens with zero attached hydrogens (tertiary/aromatic N) is 7. The Kier molecular flexibility index (Phi) is 3.76. The maximum Gasteiger partial charge on any atom is 0.250 e. The van der Waals surface area contributed by atoms with E-state index in [-0.39, 0.29) is 0 Å². The van der Waals surface area contributed by atoms with Gasteiger partial charge in [0.25, 0.3) is 0 Å². The Balaban J connectivity index is 1.50. The Morgan fingerprint density at radius 3 is 2.50 bits per heavy atom. The van der Waals surface area contributed by atoms with Crippen molar-refractivity contribution in [3.05, 3.63) is 47.8 Å². The number of benzene rings is 1. The molecule has 0 bridgehead atoms. The SMILES string of the molecule is Cc1ccc(-n2nnnc2N2CCC(c3cnn(C)c3)CC2)cc1. The lowest BCUT2D eigenvalue weighted by Crippen LogP contribution is -2.34. The predicted octanol–water partition coefficient (Wildman–Crippen LogP) is 2.09. The summed E-state index contributed by atoms with van der Waals surface area (Å²) in [4.78, 5) is 2.27. The zero-order valence-electron chi connectivity index (χ0n) is 14.0. The number of hydrogen-bond donors (Lipinski definition) is 0. The van der Waals surface area contributed by atoms with Crippen LogP contribution in [0.15, 0.2) is 36.7 Å². The minimum Gasteiger partial charge on any atom is -0.339 e. The first kappa shape index (κ1) is 14.9. The molecule has 1 saturated heterocycles. The number of aromatic nitrogens is 6. The summed E-state index contributed by atoms with van der Waals surface area (Å²) in [5.41, 5.74) is 3.55. The summed E-state index contributed by atoms with van der Waals surface area (Å²) in [6.45, 7) is 3.98. The second kappa shape index (κ2) is 6.07. The van der Waals surface area contributed by atoms with Gasteiger partial charge in [-0.3, -0.25) is 4.68 Å². The van der Waals surface area contributed by atoms with Crippen LogP contribution in [0.3, 0.4) is 0 Å². The molecule has 0 amide bonds. The fourth-order valence-corrected chi connectivity index (χ4v) is 3.30. The molecule has 0 radical (unpaired) electrons. The average molecular weight is 323 g/mol. The van der Waals surface area contributed by atoms with Gasteiger partial charge in [-0.25, -0.2) is 0 Å². The molecular weight excluding hydrogens is 302 g/mol. The lowest BCUT2D eigenvalue weighted by atomic mass is 9.92. The third-order valence-corrected chi connectivity index (χ3v) is 4.71. The molecule has 1 fully saturated rings. The van der Waals surface area contributed by atoms with Gasteiger partial charge in [0, 0.05) is 26.3 Å². The molecular formula is C17H21N7. The second-order valence-corrected chi connectivity index (χ2v) is 6.43. The Morgan fingerprint density at radius 2 is 1.83 bits per heavy atom. The number of piperidine rings is 1. The van der Waals surface area contributed by atoms with Gasteiger partial charge in [0.05, 0.1) is 11.9 Å². The molecule has 1 aliphatic heterocycles. The fraction of sp³-hybridized carbons (Fsp3) is 0.412. The quantitative estimate of drug-likeness (QED) is 0.738. The lowest BCUT2D eigenvalue weighted by molar-refractivity contribution is 0.496. The van der Waals surface area contributed by atoms with E-state index < -0.39 is 0 Å². The van der Waals surface area contributed by atoms with Crippen molar-refractivity contribution in [2.45, 2.75) is 25.7 Å². The van der Waals surface area contributed by atoms with Crippen LogP contribution >= 0.6 is 0 Å². The topological polar surface area (TPSA) is 64.7 Å². The van der Waals surface area contributed by atoms with Gasteiger partial charge in [-0.05, 0) is 53.8 Å². The molecule has 7 nitrogen and oxygen atoms in total. The van der Waals surface area contributed by atoms with Crippen LogP contribution < -0.4 is 4.90 Å². The molecule has 0 unspecified atom stereocenters. The van der Waals surface area contributed by atoms with Gasteiger partial charge in [0.1, 0.15) is 0 Å². The summed E-state index contributed by atoms with van der Waals surface area (Å²) < 4.78 is 3.70. The van der Waals surface area contributed by atoms with Crippen molar-refractivity contribution in [2.75, 3.05) is 18.0 Å². The first-order valence-corrected chi connectivity index (χ1v) is 8.29. The van der Waals surface area contributed by atoms with Crippen LogP contribution in [0, 0.1) is 6.92 Å². The van der Waals surface area contributed by atoms with Crippen molar-refractivity contribution < 1.29 is 0 Å². The lowest BCUT2D eigenvalue weighted by Gasteiger charge is -2.31. The highest BCUT2D eigenvalue weighted by atomic mass is 15.6. The Hall–Kier alpha value is -2.70. The minimum absolute atomic E-state index is 0.568. The molecule has 2 aromatic heterocycles. The first-order chi connectivity index (χ1) is 11.7. The zero-order valence-corrected chi connectivity index (χ0v) is 14.0. The molecule has 7 heteroatoms. The zero-order chi connectivity index (χ0) is 16.5. The summed E-state index contributed by atoms with van der Waals surface area (Å²) in [6, 6.07) is 8.26. The van der Waals surface area contributed by atoms with Crippen molar-refractivity contribution in [2.24, 2.45) is 7.05 Å². The van der Waals surface area contributed by atoms with Crippen LogP contribution in [-0.2, 0) is 7.05 Å². The Bertz CT molecular complexity index is 810. The van der Waals surface area contributed by atoms with Crippen LogP contribution in [0.25, 0.3) is 5.69 Å².